The largest absolute Gasteiger partial charge is 0.342 e. The number of piperidine rings is 3. The molecule has 0 aromatic carbocycles. The van der Waals surface area contributed by atoms with E-state index in [9.17, 15) is 14.4 Å². The van der Waals surface area contributed by atoms with Crippen molar-refractivity contribution in [1.29, 1.82) is 0 Å². The molecule has 6 heteroatoms. The third-order valence-corrected chi connectivity index (χ3v) is 6.61. The smallest absolute Gasteiger partial charge is 0.225 e. The highest BCUT2D eigenvalue weighted by atomic mass is 16.2. The lowest BCUT2D eigenvalue weighted by molar-refractivity contribution is -0.144. The molecule has 3 saturated heterocycles. The average Bonchev–Trinajstić information content (AvgIpc) is 2.67. The first-order valence-corrected chi connectivity index (χ1v) is 10.2. The lowest BCUT2D eigenvalue weighted by Crippen LogP contribution is -2.48. The standard InChI is InChI=1S/C20H33N3O3/c1-15(24)16-5-11-22(12-6-16)20(26)18-7-13-23(14-8-18)19(25)17-3-9-21(2)10-4-17/h16-18H,3-14H2,1-2H3. The molecule has 0 aromatic heterocycles. The van der Waals surface area contributed by atoms with Gasteiger partial charge >= 0.3 is 0 Å². The number of ketones is 1. The lowest BCUT2D eigenvalue weighted by atomic mass is 9.89. The van der Waals surface area contributed by atoms with Gasteiger partial charge in [-0.1, -0.05) is 0 Å². The molecule has 26 heavy (non-hydrogen) atoms. The topological polar surface area (TPSA) is 60.9 Å². The van der Waals surface area contributed by atoms with Gasteiger partial charge in [-0.2, -0.15) is 0 Å². The van der Waals surface area contributed by atoms with Gasteiger partial charge in [0.25, 0.3) is 0 Å². The number of hydrogen-bond acceptors (Lipinski definition) is 4. The third kappa shape index (κ3) is 4.45. The van der Waals surface area contributed by atoms with Crippen LogP contribution < -0.4 is 0 Å². The minimum absolute atomic E-state index is 0.0467. The van der Waals surface area contributed by atoms with Gasteiger partial charge < -0.3 is 14.7 Å². The van der Waals surface area contributed by atoms with Gasteiger partial charge in [0.05, 0.1) is 0 Å². The maximum Gasteiger partial charge on any atom is 0.225 e. The number of hydrogen-bond donors (Lipinski definition) is 0. The zero-order chi connectivity index (χ0) is 18.7. The first-order valence-electron chi connectivity index (χ1n) is 10.2. The van der Waals surface area contributed by atoms with E-state index in [1.165, 1.54) is 0 Å². The molecule has 0 N–H and O–H groups in total. The number of likely N-dealkylation sites (tertiary alicyclic amines) is 3. The minimum atomic E-state index is 0.0467. The van der Waals surface area contributed by atoms with Crippen molar-refractivity contribution in [3.8, 4) is 0 Å². The third-order valence-electron chi connectivity index (χ3n) is 6.61. The number of rotatable bonds is 3. The Labute approximate surface area is 156 Å². The second-order valence-electron chi connectivity index (χ2n) is 8.39. The highest BCUT2D eigenvalue weighted by Gasteiger charge is 2.34. The van der Waals surface area contributed by atoms with Gasteiger partial charge in [0.15, 0.2) is 0 Å². The lowest BCUT2D eigenvalue weighted by Gasteiger charge is -2.38. The molecule has 0 radical (unpaired) electrons. The van der Waals surface area contributed by atoms with Crippen LogP contribution in [0.5, 0.6) is 0 Å². The Bertz CT molecular complexity index is 526. The van der Waals surface area contributed by atoms with Gasteiger partial charge in [0.1, 0.15) is 5.78 Å². The van der Waals surface area contributed by atoms with Crippen LogP contribution in [0.1, 0.15) is 45.4 Å². The van der Waals surface area contributed by atoms with Crippen LogP contribution in [0.3, 0.4) is 0 Å². The maximum atomic E-state index is 12.8. The van der Waals surface area contributed by atoms with Gasteiger partial charge in [0, 0.05) is 43.9 Å². The Balaban J connectivity index is 1.44. The zero-order valence-corrected chi connectivity index (χ0v) is 16.3. The van der Waals surface area contributed by atoms with Crippen molar-refractivity contribution in [3.05, 3.63) is 0 Å². The first kappa shape index (κ1) is 19.3. The molecule has 3 heterocycles. The zero-order valence-electron chi connectivity index (χ0n) is 16.3. The minimum Gasteiger partial charge on any atom is -0.342 e. The monoisotopic (exact) mass is 363 g/mol. The Morgan fingerprint density at radius 2 is 0.962 bits per heavy atom. The normalized spacial score (nSPS) is 24.7. The van der Waals surface area contributed by atoms with Crippen LogP contribution in [-0.2, 0) is 14.4 Å². The highest BCUT2D eigenvalue weighted by Crippen LogP contribution is 2.26. The van der Waals surface area contributed by atoms with Crippen molar-refractivity contribution in [2.75, 3.05) is 46.3 Å². The summed E-state index contributed by atoms with van der Waals surface area (Å²) in [4.78, 5) is 43.2. The van der Waals surface area contributed by atoms with Gasteiger partial charge in [-0.3, -0.25) is 14.4 Å². The Hall–Kier alpha value is -1.43. The molecule has 3 aliphatic rings. The molecule has 3 aliphatic heterocycles. The molecule has 0 atom stereocenters. The summed E-state index contributed by atoms with van der Waals surface area (Å²) in [5.41, 5.74) is 0. The quantitative estimate of drug-likeness (QED) is 0.760. The average molecular weight is 364 g/mol. The van der Waals surface area contributed by atoms with E-state index in [4.69, 9.17) is 0 Å². The van der Waals surface area contributed by atoms with Crippen LogP contribution in [0.15, 0.2) is 0 Å². The fraction of sp³-hybridized carbons (Fsp3) is 0.850. The summed E-state index contributed by atoms with van der Waals surface area (Å²) in [5, 5.41) is 0. The summed E-state index contributed by atoms with van der Waals surface area (Å²) in [6.07, 6.45) is 5.08. The summed E-state index contributed by atoms with van der Waals surface area (Å²) < 4.78 is 0. The van der Waals surface area contributed by atoms with Crippen LogP contribution >= 0.6 is 0 Å². The van der Waals surface area contributed by atoms with E-state index >= 15 is 0 Å². The number of nitrogens with zero attached hydrogens (tertiary/aromatic N) is 3. The van der Waals surface area contributed by atoms with E-state index in [1.54, 1.807) is 6.92 Å². The molecule has 0 aliphatic carbocycles. The van der Waals surface area contributed by atoms with Crippen molar-refractivity contribution in [2.24, 2.45) is 17.8 Å². The number of carbonyl (C=O) groups is 3. The molecular weight excluding hydrogens is 330 g/mol. The number of amides is 2. The SMILES string of the molecule is CC(=O)C1CCN(C(=O)C2CCN(C(=O)C3CCN(C)CC3)CC2)CC1. The second kappa shape index (κ2) is 8.51. The van der Waals surface area contributed by atoms with Gasteiger partial charge in [-0.25, -0.2) is 0 Å². The predicted molar refractivity (Wildman–Crippen MR) is 99.5 cm³/mol. The van der Waals surface area contributed by atoms with E-state index in [0.29, 0.717) is 32.1 Å². The summed E-state index contributed by atoms with van der Waals surface area (Å²) in [5.74, 6) is 1.13. The van der Waals surface area contributed by atoms with Crippen molar-refractivity contribution in [1.82, 2.24) is 14.7 Å². The summed E-state index contributed by atoms with van der Waals surface area (Å²) in [7, 11) is 2.11. The Morgan fingerprint density at radius 3 is 1.35 bits per heavy atom. The van der Waals surface area contributed by atoms with Gasteiger partial charge in [-0.05, 0) is 65.6 Å². The fourth-order valence-corrected chi connectivity index (χ4v) is 4.63. The second-order valence-corrected chi connectivity index (χ2v) is 8.39. The molecular formula is C20H33N3O3. The maximum absolute atomic E-state index is 12.8. The van der Waals surface area contributed by atoms with Crippen LogP contribution in [0, 0.1) is 17.8 Å². The molecule has 3 rings (SSSR count). The number of carbonyl (C=O) groups excluding carboxylic acids is 3. The van der Waals surface area contributed by atoms with E-state index in [2.05, 4.69) is 11.9 Å². The highest BCUT2D eigenvalue weighted by molar-refractivity contribution is 5.82. The first-order chi connectivity index (χ1) is 12.5. The van der Waals surface area contributed by atoms with Crippen LogP contribution in [-0.4, -0.2) is 78.6 Å². The van der Waals surface area contributed by atoms with Crippen LogP contribution in [0.2, 0.25) is 0 Å². The summed E-state index contributed by atoms with van der Waals surface area (Å²) in [6.45, 7) is 6.50. The summed E-state index contributed by atoms with van der Waals surface area (Å²) >= 11 is 0. The molecule has 146 valence electrons. The molecule has 0 aromatic rings. The number of Topliss-reactive ketones (excluding diaryl/α,β-unsaturated/α-hetero) is 1. The van der Waals surface area contributed by atoms with E-state index in [-0.39, 0.29) is 29.4 Å². The van der Waals surface area contributed by atoms with Crippen LogP contribution in [0.25, 0.3) is 0 Å². The predicted octanol–water partition coefficient (Wildman–Crippen LogP) is 1.39. The van der Waals surface area contributed by atoms with E-state index in [0.717, 1.165) is 51.6 Å². The molecule has 0 spiro atoms. The van der Waals surface area contributed by atoms with Crippen molar-refractivity contribution in [3.63, 3.8) is 0 Å². The van der Waals surface area contributed by atoms with Crippen LogP contribution in [0.4, 0.5) is 0 Å². The molecule has 2 amide bonds. The fourth-order valence-electron chi connectivity index (χ4n) is 4.63. The molecule has 3 fully saturated rings. The van der Waals surface area contributed by atoms with Crippen molar-refractivity contribution in [2.45, 2.75) is 45.4 Å². The Kier molecular flexibility index (Phi) is 6.33. The molecule has 0 saturated carbocycles. The van der Waals surface area contributed by atoms with Gasteiger partial charge in [-0.15, -0.1) is 0 Å². The molecule has 0 unspecified atom stereocenters. The van der Waals surface area contributed by atoms with E-state index in [1.807, 2.05) is 9.80 Å². The Morgan fingerprint density at radius 1 is 0.615 bits per heavy atom. The summed E-state index contributed by atoms with van der Waals surface area (Å²) in [6, 6.07) is 0. The van der Waals surface area contributed by atoms with Gasteiger partial charge in [0.2, 0.25) is 11.8 Å². The van der Waals surface area contributed by atoms with E-state index < -0.39 is 0 Å². The molecule has 6 nitrogen and oxygen atoms in total. The molecule has 0 bridgehead atoms. The van der Waals surface area contributed by atoms with Crippen molar-refractivity contribution < 1.29 is 14.4 Å². The van der Waals surface area contributed by atoms with Crippen molar-refractivity contribution >= 4 is 17.6 Å².